The van der Waals surface area contributed by atoms with E-state index in [2.05, 4.69) is 6.92 Å². The van der Waals surface area contributed by atoms with Gasteiger partial charge in [-0.3, -0.25) is 4.79 Å². The SMILES string of the molecule is CC(N)C1CCN(C(=O)c2ccc(-c3ccc4c(c3)OCCO4)s2)CC1.Cl. The molecule has 1 unspecified atom stereocenters. The van der Waals surface area contributed by atoms with Crippen LogP contribution in [0.1, 0.15) is 29.4 Å². The quantitative estimate of drug-likeness (QED) is 0.838. The molecule has 2 aliphatic heterocycles. The van der Waals surface area contributed by atoms with Crippen LogP contribution >= 0.6 is 23.7 Å². The number of benzene rings is 1. The van der Waals surface area contributed by atoms with Crippen molar-refractivity contribution in [2.45, 2.75) is 25.8 Å². The Kier molecular flexibility index (Phi) is 6.29. The van der Waals surface area contributed by atoms with Crippen molar-refractivity contribution in [3.8, 4) is 21.9 Å². The van der Waals surface area contributed by atoms with Gasteiger partial charge in [-0.2, -0.15) is 0 Å². The monoisotopic (exact) mass is 408 g/mol. The zero-order chi connectivity index (χ0) is 18.1. The normalized spacial score (nSPS) is 17.9. The van der Waals surface area contributed by atoms with E-state index >= 15 is 0 Å². The second-order valence-corrected chi connectivity index (χ2v) is 8.09. The van der Waals surface area contributed by atoms with Crippen LogP contribution in [0.25, 0.3) is 10.4 Å². The minimum atomic E-state index is 0. The van der Waals surface area contributed by atoms with Crippen LogP contribution in [-0.2, 0) is 0 Å². The van der Waals surface area contributed by atoms with Gasteiger partial charge in [0, 0.05) is 24.0 Å². The van der Waals surface area contributed by atoms with Crippen LogP contribution in [0.5, 0.6) is 11.5 Å². The zero-order valence-electron chi connectivity index (χ0n) is 15.3. The van der Waals surface area contributed by atoms with Gasteiger partial charge in [-0.15, -0.1) is 23.7 Å². The van der Waals surface area contributed by atoms with Crippen molar-refractivity contribution < 1.29 is 14.3 Å². The van der Waals surface area contributed by atoms with Crippen molar-refractivity contribution in [3.63, 3.8) is 0 Å². The van der Waals surface area contributed by atoms with Crippen molar-refractivity contribution in [1.29, 1.82) is 0 Å². The first-order valence-electron chi connectivity index (χ1n) is 9.16. The molecule has 1 saturated heterocycles. The first kappa shape index (κ1) is 20.0. The summed E-state index contributed by atoms with van der Waals surface area (Å²) in [7, 11) is 0. The van der Waals surface area contributed by atoms with Crippen LogP contribution in [0, 0.1) is 5.92 Å². The number of nitrogens with zero attached hydrogens (tertiary/aromatic N) is 1. The number of ether oxygens (including phenoxy) is 2. The molecule has 1 fully saturated rings. The third-order valence-electron chi connectivity index (χ3n) is 5.21. The van der Waals surface area contributed by atoms with Crippen molar-refractivity contribution in [2.24, 2.45) is 11.7 Å². The molecule has 4 rings (SSSR count). The summed E-state index contributed by atoms with van der Waals surface area (Å²) >= 11 is 1.53. The lowest BCUT2D eigenvalue weighted by Crippen LogP contribution is -2.42. The van der Waals surface area contributed by atoms with E-state index in [0.29, 0.717) is 19.1 Å². The highest BCUT2D eigenvalue weighted by Gasteiger charge is 2.26. The van der Waals surface area contributed by atoms with E-state index < -0.39 is 0 Å². The van der Waals surface area contributed by atoms with E-state index in [9.17, 15) is 4.79 Å². The maximum atomic E-state index is 12.8. The van der Waals surface area contributed by atoms with E-state index in [-0.39, 0.29) is 24.4 Å². The second kappa shape index (κ2) is 8.50. The second-order valence-electron chi connectivity index (χ2n) is 7.01. The number of thiophene rings is 1. The fraction of sp³-hybridized carbons (Fsp3) is 0.450. The highest BCUT2D eigenvalue weighted by molar-refractivity contribution is 7.17. The first-order valence-corrected chi connectivity index (χ1v) is 9.98. The number of carbonyl (C=O) groups excluding carboxylic acids is 1. The number of fused-ring (bicyclic) bond motifs is 1. The van der Waals surface area contributed by atoms with E-state index in [1.165, 1.54) is 11.3 Å². The van der Waals surface area contributed by atoms with Gasteiger partial charge in [-0.25, -0.2) is 0 Å². The summed E-state index contributed by atoms with van der Waals surface area (Å²) in [4.78, 5) is 16.6. The highest BCUT2D eigenvalue weighted by Crippen LogP contribution is 2.37. The molecule has 7 heteroatoms. The summed E-state index contributed by atoms with van der Waals surface area (Å²) in [5, 5.41) is 0. The Labute approximate surface area is 169 Å². The van der Waals surface area contributed by atoms with E-state index in [1.54, 1.807) is 0 Å². The van der Waals surface area contributed by atoms with Gasteiger partial charge in [0.15, 0.2) is 11.5 Å². The standard InChI is InChI=1S/C20H24N2O3S.ClH/c1-13(21)14-6-8-22(9-7-14)20(23)19-5-4-18(26-19)15-2-3-16-17(12-15)25-11-10-24-16;/h2-5,12-14H,6-11,21H2,1H3;1H. The van der Waals surface area contributed by atoms with Gasteiger partial charge in [0.1, 0.15) is 13.2 Å². The Morgan fingerprint density at radius 2 is 1.85 bits per heavy atom. The number of hydrogen-bond acceptors (Lipinski definition) is 5. The lowest BCUT2D eigenvalue weighted by Gasteiger charge is -2.33. The van der Waals surface area contributed by atoms with Gasteiger partial charge in [0.2, 0.25) is 0 Å². The molecule has 2 aliphatic rings. The Morgan fingerprint density at radius 1 is 1.15 bits per heavy atom. The number of hydrogen-bond donors (Lipinski definition) is 1. The van der Waals surface area contributed by atoms with Crippen molar-refractivity contribution >= 4 is 29.7 Å². The van der Waals surface area contributed by atoms with Crippen LogP contribution in [0.4, 0.5) is 0 Å². The van der Waals surface area contributed by atoms with Crippen molar-refractivity contribution in [3.05, 3.63) is 35.2 Å². The Hall–Kier alpha value is -1.76. The molecule has 1 atom stereocenters. The maximum absolute atomic E-state index is 12.8. The molecule has 146 valence electrons. The minimum absolute atomic E-state index is 0. The molecule has 3 heterocycles. The molecule has 27 heavy (non-hydrogen) atoms. The number of amides is 1. The number of piperidine rings is 1. The number of nitrogens with two attached hydrogens (primary N) is 1. The molecule has 2 aromatic rings. The Morgan fingerprint density at radius 3 is 2.56 bits per heavy atom. The number of carbonyl (C=O) groups is 1. The molecule has 1 aromatic carbocycles. The predicted octanol–water partition coefficient (Wildman–Crippen LogP) is 3.81. The molecule has 1 amide bonds. The molecule has 0 bridgehead atoms. The Balaban J connectivity index is 0.00000210. The van der Waals surface area contributed by atoms with E-state index in [1.807, 2.05) is 35.2 Å². The molecule has 2 N–H and O–H groups in total. The molecule has 0 saturated carbocycles. The van der Waals surface area contributed by atoms with Crippen molar-refractivity contribution in [2.75, 3.05) is 26.3 Å². The molecular weight excluding hydrogens is 384 g/mol. The van der Waals surface area contributed by atoms with E-state index in [0.717, 1.165) is 52.7 Å². The number of rotatable bonds is 3. The topological polar surface area (TPSA) is 64.8 Å². The van der Waals surface area contributed by atoms with Crippen molar-refractivity contribution in [1.82, 2.24) is 4.90 Å². The van der Waals surface area contributed by atoms with Gasteiger partial charge < -0.3 is 20.1 Å². The summed E-state index contributed by atoms with van der Waals surface area (Å²) in [6.45, 7) is 4.80. The van der Waals surface area contributed by atoms with Gasteiger partial charge >= 0.3 is 0 Å². The summed E-state index contributed by atoms with van der Waals surface area (Å²) in [5.41, 5.74) is 7.05. The fourth-order valence-electron chi connectivity index (χ4n) is 3.59. The van der Waals surface area contributed by atoms with Crippen LogP contribution in [-0.4, -0.2) is 43.2 Å². The number of likely N-dealkylation sites (tertiary alicyclic amines) is 1. The van der Waals surface area contributed by atoms with Crippen LogP contribution in [0.15, 0.2) is 30.3 Å². The third kappa shape index (κ3) is 4.23. The largest absolute Gasteiger partial charge is 0.486 e. The van der Waals surface area contributed by atoms with Gasteiger partial charge in [-0.05, 0) is 61.6 Å². The zero-order valence-corrected chi connectivity index (χ0v) is 17.0. The highest BCUT2D eigenvalue weighted by atomic mass is 35.5. The molecule has 0 spiro atoms. The van der Waals surface area contributed by atoms with Gasteiger partial charge in [0.25, 0.3) is 5.91 Å². The average Bonchev–Trinajstić information content (AvgIpc) is 3.17. The number of halogens is 1. The smallest absolute Gasteiger partial charge is 0.263 e. The van der Waals surface area contributed by atoms with Gasteiger partial charge in [-0.1, -0.05) is 0 Å². The summed E-state index contributed by atoms with van der Waals surface area (Å²) < 4.78 is 11.2. The summed E-state index contributed by atoms with van der Waals surface area (Å²) in [6.07, 6.45) is 1.98. The third-order valence-corrected chi connectivity index (χ3v) is 6.34. The first-order chi connectivity index (χ1) is 12.6. The molecular formula is C20H25ClN2O3S. The minimum Gasteiger partial charge on any atom is -0.486 e. The predicted molar refractivity (Wildman–Crippen MR) is 110 cm³/mol. The Bertz CT molecular complexity index is 800. The van der Waals surface area contributed by atoms with Crippen LogP contribution in [0.2, 0.25) is 0 Å². The summed E-state index contributed by atoms with van der Waals surface area (Å²) in [5.74, 6) is 2.20. The van der Waals surface area contributed by atoms with Crippen LogP contribution < -0.4 is 15.2 Å². The van der Waals surface area contributed by atoms with Gasteiger partial charge in [0.05, 0.1) is 4.88 Å². The fourth-order valence-corrected chi connectivity index (χ4v) is 4.56. The van der Waals surface area contributed by atoms with Crippen LogP contribution in [0.3, 0.4) is 0 Å². The van der Waals surface area contributed by atoms with E-state index in [4.69, 9.17) is 15.2 Å². The maximum Gasteiger partial charge on any atom is 0.263 e. The molecule has 1 aromatic heterocycles. The lowest BCUT2D eigenvalue weighted by molar-refractivity contribution is 0.0686. The molecule has 5 nitrogen and oxygen atoms in total. The average molecular weight is 409 g/mol. The molecule has 0 aliphatic carbocycles. The lowest BCUT2D eigenvalue weighted by atomic mass is 9.91. The molecule has 0 radical (unpaired) electrons. The summed E-state index contributed by atoms with van der Waals surface area (Å²) in [6, 6.07) is 10.1.